The first-order valence-electron chi connectivity index (χ1n) is 14.9. The summed E-state index contributed by atoms with van der Waals surface area (Å²) in [5.41, 5.74) is 6.31. The van der Waals surface area contributed by atoms with Gasteiger partial charge in [0.25, 0.3) is 0 Å². The van der Waals surface area contributed by atoms with Crippen LogP contribution in [0.25, 0.3) is 32.9 Å². The molecule has 2 heterocycles. The minimum absolute atomic E-state index is 0. The Morgan fingerprint density at radius 3 is 2.47 bits per heavy atom. The first-order valence-corrected chi connectivity index (χ1v) is 14.9. The van der Waals surface area contributed by atoms with Gasteiger partial charge in [-0.3, -0.25) is 19.5 Å². The van der Waals surface area contributed by atoms with E-state index in [9.17, 15) is 24.9 Å². The number of hydrogen-bond donors (Lipinski definition) is 6. The van der Waals surface area contributed by atoms with Gasteiger partial charge in [-0.05, 0) is 76.9 Å². The lowest BCUT2D eigenvalue weighted by atomic mass is 9.99. The molecule has 6 rings (SSSR count). The van der Waals surface area contributed by atoms with Crippen molar-refractivity contribution in [1.82, 2.24) is 14.9 Å². The van der Waals surface area contributed by atoms with Gasteiger partial charge in [0, 0.05) is 48.4 Å². The number of nitrogens with one attached hydrogen (secondary N) is 3. The number of aromatic hydroxyl groups is 1. The highest BCUT2D eigenvalue weighted by atomic mass is 19.0. The van der Waals surface area contributed by atoms with Gasteiger partial charge in [-0.15, -0.1) is 0 Å². The van der Waals surface area contributed by atoms with Crippen molar-refractivity contribution in [1.29, 1.82) is 0 Å². The fourth-order valence-corrected chi connectivity index (χ4v) is 5.86. The third-order valence-corrected chi connectivity index (χ3v) is 8.04. The second-order valence-corrected chi connectivity index (χ2v) is 11.1. The summed E-state index contributed by atoms with van der Waals surface area (Å²) in [5, 5.41) is 37.9. The van der Waals surface area contributed by atoms with Gasteiger partial charge < -0.3 is 30.2 Å². The fourth-order valence-electron chi connectivity index (χ4n) is 5.86. The van der Waals surface area contributed by atoms with E-state index in [0.29, 0.717) is 35.2 Å². The zero-order valence-corrected chi connectivity index (χ0v) is 25.3. The van der Waals surface area contributed by atoms with Gasteiger partial charge in [-0.2, -0.15) is 0 Å². The van der Waals surface area contributed by atoms with Gasteiger partial charge in [0.1, 0.15) is 5.75 Å². The van der Waals surface area contributed by atoms with Crippen LogP contribution in [0.5, 0.6) is 5.75 Å². The van der Waals surface area contributed by atoms with Gasteiger partial charge in [0.05, 0.1) is 17.3 Å². The topological polar surface area (TPSA) is 140 Å². The summed E-state index contributed by atoms with van der Waals surface area (Å²) in [4.78, 5) is 25.8. The van der Waals surface area contributed by atoms with E-state index in [1.807, 2.05) is 42.5 Å². The molecule has 1 amide bonds. The molecule has 2 aromatic heterocycles. The SMILES string of the molecule is F.F.O=C(O)Nc1cc(CCCn2ccc3cc(CNC[C@@H](O)c4ccc(O)c5[nH]c(=O)ccc45)ccc32)ccc1-c1ccccc1. The fraction of sp³-hybridized carbons (Fsp3) is 0.167. The average Bonchev–Trinajstić information content (AvgIpc) is 3.44. The van der Waals surface area contributed by atoms with Crippen LogP contribution in [0.1, 0.15) is 29.2 Å². The molecule has 0 aliphatic heterocycles. The number of pyridine rings is 1. The van der Waals surface area contributed by atoms with E-state index in [1.165, 1.54) is 12.1 Å². The number of H-pyrrole nitrogens is 1. The van der Waals surface area contributed by atoms with Crippen LogP contribution in [0, 0.1) is 0 Å². The molecule has 6 aromatic rings. The van der Waals surface area contributed by atoms with Gasteiger partial charge in [0.2, 0.25) is 5.56 Å². The van der Waals surface area contributed by atoms with Crippen LogP contribution in [-0.4, -0.2) is 37.5 Å². The van der Waals surface area contributed by atoms with Crippen molar-refractivity contribution in [3.63, 3.8) is 0 Å². The minimum Gasteiger partial charge on any atom is -0.506 e. The number of anilines is 1. The molecule has 9 nitrogen and oxygen atoms in total. The number of phenolic OH excluding ortho intramolecular Hbond substituents is 1. The number of carbonyl (C=O) groups is 1. The molecule has 0 aliphatic carbocycles. The smallest absolute Gasteiger partial charge is 0.409 e. The van der Waals surface area contributed by atoms with Crippen LogP contribution < -0.4 is 16.2 Å². The number of amides is 1. The molecule has 0 fully saturated rings. The largest absolute Gasteiger partial charge is 0.506 e. The van der Waals surface area contributed by atoms with Crippen LogP contribution in [0.3, 0.4) is 0 Å². The number of aliphatic hydroxyl groups is 1. The van der Waals surface area contributed by atoms with Gasteiger partial charge in [0.15, 0.2) is 0 Å². The summed E-state index contributed by atoms with van der Waals surface area (Å²) in [7, 11) is 0. The Morgan fingerprint density at radius 1 is 0.894 bits per heavy atom. The number of aliphatic hydroxyl groups excluding tert-OH is 1. The van der Waals surface area contributed by atoms with E-state index in [4.69, 9.17) is 0 Å². The molecule has 0 radical (unpaired) electrons. The predicted molar refractivity (Wildman–Crippen MR) is 182 cm³/mol. The Kier molecular flexibility index (Phi) is 11.1. The quantitative estimate of drug-likeness (QED) is 0.0929. The van der Waals surface area contributed by atoms with Crippen molar-refractivity contribution in [2.75, 3.05) is 11.9 Å². The number of nitrogens with zero attached hydrogens (tertiary/aromatic N) is 1. The average molecular weight is 643 g/mol. The third-order valence-electron chi connectivity index (χ3n) is 8.04. The molecule has 6 N–H and O–H groups in total. The third kappa shape index (κ3) is 7.83. The summed E-state index contributed by atoms with van der Waals surface area (Å²) in [6.07, 6.45) is 1.87. The first-order chi connectivity index (χ1) is 21.9. The molecular formula is C36H36F2N4O5. The Hall–Kier alpha value is -5.52. The summed E-state index contributed by atoms with van der Waals surface area (Å²) in [5.74, 6) is -0.0356. The normalized spacial score (nSPS) is 11.5. The van der Waals surface area contributed by atoms with E-state index in [-0.39, 0.29) is 20.7 Å². The predicted octanol–water partition coefficient (Wildman–Crippen LogP) is 6.71. The number of benzene rings is 4. The Labute approximate surface area is 268 Å². The molecule has 4 aromatic carbocycles. The molecule has 0 saturated heterocycles. The standard InChI is InChI=1S/C36H34N4O5.2FH/c41-32-14-11-28(29-12-15-34(43)39-35(29)32)33(42)22-37-21-24-9-13-31-26(19-24)16-18-40(31)17-4-5-23-8-10-27(25-6-2-1-3-7-25)30(20-23)38-36(44)45;;/h1-3,6-16,18-20,33,37-38,41-42H,4-5,17,21-22H2,(H,39,43)(H,44,45);2*1H/t33-;;/m1../s1. The Bertz CT molecular complexity index is 2050. The highest BCUT2D eigenvalue weighted by Crippen LogP contribution is 2.30. The number of hydrogen-bond acceptors (Lipinski definition) is 5. The number of carboxylic acid groups (broad SMARTS) is 1. The number of phenols is 1. The number of aromatic nitrogens is 2. The van der Waals surface area contributed by atoms with E-state index in [0.717, 1.165) is 52.5 Å². The summed E-state index contributed by atoms with van der Waals surface area (Å²) in [6, 6.07) is 30.3. The maximum atomic E-state index is 11.7. The van der Waals surface area contributed by atoms with Crippen molar-refractivity contribution in [2.45, 2.75) is 32.0 Å². The lowest BCUT2D eigenvalue weighted by Crippen LogP contribution is -2.21. The molecule has 11 heteroatoms. The summed E-state index contributed by atoms with van der Waals surface area (Å²) >= 11 is 0. The van der Waals surface area contributed by atoms with Crippen molar-refractivity contribution in [3.8, 4) is 16.9 Å². The number of aromatic amines is 1. The molecule has 0 spiro atoms. The van der Waals surface area contributed by atoms with Crippen molar-refractivity contribution in [3.05, 3.63) is 130 Å². The molecule has 0 aliphatic rings. The molecule has 0 bridgehead atoms. The van der Waals surface area contributed by atoms with E-state index in [2.05, 4.69) is 56.7 Å². The van der Waals surface area contributed by atoms with Crippen LogP contribution >= 0.6 is 0 Å². The molecular weight excluding hydrogens is 606 g/mol. The molecule has 47 heavy (non-hydrogen) atoms. The van der Waals surface area contributed by atoms with Gasteiger partial charge >= 0.3 is 6.09 Å². The van der Waals surface area contributed by atoms with Gasteiger partial charge in [-0.1, -0.05) is 54.6 Å². The van der Waals surface area contributed by atoms with Crippen molar-refractivity contribution >= 4 is 33.6 Å². The second-order valence-electron chi connectivity index (χ2n) is 11.1. The highest BCUT2D eigenvalue weighted by molar-refractivity contribution is 5.91. The van der Waals surface area contributed by atoms with Crippen LogP contribution in [0.4, 0.5) is 19.9 Å². The van der Waals surface area contributed by atoms with Crippen molar-refractivity contribution in [2.24, 2.45) is 0 Å². The number of fused-ring (bicyclic) bond motifs is 2. The maximum absolute atomic E-state index is 11.7. The second kappa shape index (κ2) is 15.2. The molecule has 0 unspecified atom stereocenters. The van der Waals surface area contributed by atoms with Crippen LogP contribution in [-0.2, 0) is 19.5 Å². The van der Waals surface area contributed by atoms with Crippen LogP contribution in [0.2, 0.25) is 0 Å². The number of halogens is 2. The zero-order valence-electron chi connectivity index (χ0n) is 25.3. The van der Waals surface area contributed by atoms with Gasteiger partial charge in [-0.25, -0.2) is 4.79 Å². The van der Waals surface area contributed by atoms with E-state index >= 15 is 0 Å². The highest BCUT2D eigenvalue weighted by Gasteiger charge is 2.14. The Morgan fingerprint density at radius 2 is 1.68 bits per heavy atom. The maximum Gasteiger partial charge on any atom is 0.409 e. The number of rotatable bonds is 11. The minimum atomic E-state index is -1.08. The van der Waals surface area contributed by atoms with Crippen LogP contribution in [0.15, 0.2) is 108 Å². The molecule has 1 atom stereocenters. The monoisotopic (exact) mass is 642 g/mol. The molecule has 0 saturated carbocycles. The zero-order chi connectivity index (χ0) is 31.3. The lowest BCUT2D eigenvalue weighted by Gasteiger charge is -2.15. The van der Waals surface area contributed by atoms with E-state index in [1.54, 1.807) is 12.1 Å². The Balaban J connectivity index is 0.00000250. The lowest BCUT2D eigenvalue weighted by molar-refractivity contribution is 0.176. The first kappa shape index (κ1) is 34.4. The molecule has 244 valence electrons. The summed E-state index contributed by atoms with van der Waals surface area (Å²) in [6.45, 7) is 1.69. The van der Waals surface area contributed by atoms with Crippen molar-refractivity contribution < 1.29 is 29.5 Å². The number of aryl methyl sites for hydroxylation is 2. The summed E-state index contributed by atoms with van der Waals surface area (Å²) < 4.78 is 2.23. The van der Waals surface area contributed by atoms with E-state index < -0.39 is 12.2 Å².